The second-order valence-electron chi connectivity index (χ2n) is 8.30. The van der Waals surface area contributed by atoms with Gasteiger partial charge in [-0.2, -0.15) is 0 Å². The van der Waals surface area contributed by atoms with Crippen molar-refractivity contribution in [1.82, 2.24) is 14.8 Å². The largest absolute Gasteiger partial charge is 0.327 e. The van der Waals surface area contributed by atoms with Crippen molar-refractivity contribution in [3.63, 3.8) is 0 Å². The monoisotopic (exact) mass is 361 g/mol. The Bertz CT molecular complexity index is 874. The molecule has 27 heavy (non-hydrogen) atoms. The van der Waals surface area contributed by atoms with Crippen LogP contribution in [0, 0.1) is 0 Å². The number of aromatic nitrogens is 1. The molecule has 1 saturated carbocycles. The molecule has 2 aliphatic heterocycles. The van der Waals surface area contributed by atoms with Crippen LogP contribution < -0.4 is 0 Å². The highest BCUT2D eigenvalue weighted by Gasteiger charge is 2.34. The first-order chi connectivity index (χ1) is 13.2. The number of nitrogens with zero attached hydrogens (tertiary/aromatic N) is 3. The van der Waals surface area contributed by atoms with Gasteiger partial charge in [0.05, 0.1) is 11.6 Å². The number of carbonyl (C=O) groups excluding carboxylic acids is 1. The molecular weight excluding hydrogens is 334 g/mol. The molecule has 4 nitrogen and oxygen atoms in total. The Kier molecular flexibility index (Phi) is 4.24. The first kappa shape index (κ1) is 16.9. The molecule has 140 valence electrons. The Morgan fingerprint density at radius 2 is 1.93 bits per heavy atom. The van der Waals surface area contributed by atoms with Gasteiger partial charge in [0.15, 0.2) is 0 Å². The maximum Gasteiger partial charge on any atom is 0.256 e. The standard InChI is InChI=1S/C23H27N3O/c1-16-21-7-10-24-14-22(21)23(27)26(16)15-17-5-6-18-8-11-25(20-3-2-4-20)12-9-19(18)13-17/h5-7,10,13-14,16,20H,2-4,8-9,11-12,15H2,1H3. The summed E-state index contributed by atoms with van der Waals surface area (Å²) in [5.41, 5.74) is 6.07. The number of hydrogen-bond acceptors (Lipinski definition) is 3. The summed E-state index contributed by atoms with van der Waals surface area (Å²) in [6.45, 7) is 5.16. The first-order valence-electron chi connectivity index (χ1n) is 10.3. The zero-order chi connectivity index (χ0) is 18.4. The van der Waals surface area contributed by atoms with Crippen LogP contribution in [-0.2, 0) is 19.4 Å². The van der Waals surface area contributed by atoms with Gasteiger partial charge in [0.2, 0.25) is 0 Å². The van der Waals surface area contributed by atoms with Crippen molar-refractivity contribution in [2.75, 3.05) is 13.1 Å². The fraction of sp³-hybridized carbons (Fsp3) is 0.478. The zero-order valence-electron chi connectivity index (χ0n) is 16.0. The van der Waals surface area contributed by atoms with E-state index >= 15 is 0 Å². The van der Waals surface area contributed by atoms with Crippen LogP contribution in [0.25, 0.3) is 0 Å². The van der Waals surface area contributed by atoms with E-state index in [1.807, 2.05) is 11.0 Å². The van der Waals surface area contributed by atoms with Gasteiger partial charge in [0.1, 0.15) is 0 Å². The van der Waals surface area contributed by atoms with E-state index in [1.54, 1.807) is 12.4 Å². The Hall–Kier alpha value is -2.20. The molecule has 4 heteroatoms. The predicted molar refractivity (Wildman–Crippen MR) is 106 cm³/mol. The molecule has 3 heterocycles. The molecule has 1 unspecified atom stereocenters. The molecule has 1 fully saturated rings. The van der Waals surface area contributed by atoms with E-state index in [9.17, 15) is 4.79 Å². The molecule has 3 aliphatic rings. The molecule has 1 aromatic carbocycles. The number of rotatable bonds is 3. The maximum absolute atomic E-state index is 12.8. The number of fused-ring (bicyclic) bond motifs is 2. The Balaban J connectivity index is 1.33. The van der Waals surface area contributed by atoms with Gasteiger partial charge < -0.3 is 4.90 Å². The smallest absolute Gasteiger partial charge is 0.256 e. The molecule has 1 atom stereocenters. The molecule has 1 amide bonds. The van der Waals surface area contributed by atoms with Crippen molar-refractivity contribution in [2.45, 2.75) is 57.7 Å². The molecule has 1 aliphatic carbocycles. The lowest BCUT2D eigenvalue weighted by Gasteiger charge is -2.36. The zero-order valence-corrected chi connectivity index (χ0v) is 16.0. The second kappa shape index (κ2) is 6.75. The highest BCUT2D eigenvalue weighted by atomic mass is 16.2. The fourth-order valence-corrected chi connectivity index (χ4v) is 4.86. The lowest BCUT2D eigenvalue weighted by Crippen LogP contribution is -2.41. The van der Waals surface area contributed by atoms with Crippen LogP contribution in [0.1, 0.15) is 64.8 Å². The van der Waals surface area contributed by atoms with Gasteiger partial charge in [0.25, 0.3) is 5.91 Å². The normalized spacial score (nSPS) is 22.9. The van der Waals surface area contributed by atoms with Crippen LogP contribution in [0.4, 0.5) is 0 Å². The van der Waals surface area contributed by atoms with Gasteiger partial charge >= 0.3 is 0 Å². The molecular formula is C23H27N3O. The average Bonchev–Trinajstić information content (AvgIpc) is 2.79. The van der Waals surface area contributed by atoms with Crippen LogP contribution in [0.2, 0.25) is 0 Å². The topological polar surface area (TPSA) is 36.4 Å². The van der Waals surface area contributed by atoms with Crippen molar-refractivity contribution in [1.29, 1.82) is 0 Å². The maximum atomic E-state index is 12.8. The van der Waals surface area contributed by atoms with Crippen molar-refractivity contribution in [3.05, 3.63) is 64.5 Å². The molecule has 0 N–H and O–H groups in total. The van der Waals surface area contributed by atoms with Gasteiger partial charge in [-0.3, -0.25) is 14.7 Å². The van der Waals surface area contributed by atoms with Gasteiger partial charge in [-0.15, -0.1) is 0 Å². The summed E-state index contributed by atoms with van der Waals surface area (Å²) in [6.07, 6.45) is 9.94. The average molecular weight is 361 g/mol. The quantitative estimate of drug-likeness (QED) is 0.835. The highest BCUT2D eigenvalue weighted by molar-refractivity contribution is 5.98. The predicted octanol–water partition coefficient (Wildman–Crippen LogP) is 3.75. The molecule has 0 bridgehead atoms. The van der Waals surface area contributed by atoms with E-state index in [0.717, 1.165) is 30.0 Å². The third-order valence-corrected chi connectivity index (χ3v) is 6.82. The second-order valence-corrected chi connectivity index (χ2v) is 8.30. The minimum absolute atomic E-state index is 0.108. The number of hydrogen-bond donors (Lipinski definition) is 0. The van der Waals surface area contributed by atoms with Crippen molar-refractivity contribution >= 4 is 5.91 Å². The van der Waals surface area contributed by atoms with E-state index in [4.69, 9.17) is 0 Å². The summed E-state index contributed by atoms with van der Waals surface area (Å²) in [4.78, 5) is 21.6. The Labute approximate surface area is 161 Å². The summed E-state index contributed by atoms with van der Waals surface area (Å²) in [5, 5.41) is 0. The minimum atomic E-state index is 0.108. The third-order valence-electron chi connectivity index (χ3n) is 6.82. The lowest BCUT2D eigenvalue weighted by atomic mass is 9.91. The fourth-order valence-electron chi connectivity index (χ4n) is 4.86. The van der Waals surface area contributed by atoms with Crippen LogP contribution in [0.15, 0.2) is 36.7 Å². The summed E-state index contributed by atoms with van der Waals surface area (Å²) >= 11 is 0. The molecule has 0 saturated heterocycles. The van der Waals surface area contributed by atoms with Gasteiger partial charge in [-0.1, -0.05) is 24.6 Å². The number of pyridine rings is 1. The first-order valence-corrected chi connectivity index (χ1v) is 10.3. The lowest BCUT2D eigenvalue weighted by molar-refractivity contribution is 0.0722. The van der Waals surface area contributed by atoms with Crippen LogP contribution in [0.5, 0.6) is 0 Å². The third kappa shape index (κ3) is 2.96. The summed E-state index contributed by atoms with van der Waals surface area (Å²) in [6, 6.07) is 9.79. The van der Waals surface area contributed by atoms with Crippen molar-refractivity contribution in [2.24, 2.45) is 0 Å². The van der Waals surface area contributed by atoms with E-state index < -0.39 is 0 Å². The summed E-state index contributed by atoms with van der Waals surface area (Å²) in [5.74, 6) is 0.108. The Morgan fingerprint density at radius 1 is 1.11 bits per heavy atom. The van der Waals surface area contributed by atoms with Crippen molar-refractivity contribution < 1.29 is 4.79 Å². The van der Waals surface area contributed by atoms with E-state index in [2.05, 4.69) is 35.0 Å². The molecule has 5 rings (SSSR count). The molecule has 0 spiro atoms. The van der Waals surface area contributed by atoms with E-state index in [0.29, 0.717) is 6.54 Å². The molecule has 1 aromatic heterocycles. The van der Waals surface area contributed by atoms with Crippen LogP contribution in [-0.4, -0.2) is 39.8 Å². The number of amides is 1. The summed E-state index contributed by atoms with van der Waals surface area (Å²) in [7, 11) is 0. The SMILES string of the molecule is CC1c2ccncc2C(=O)N1Cc1ccc2c(c1)CCN(C1CCC1)CC2. The van der Waals surface area contributed by atoms with Crippen molar-refractivity contribution in [3.8, 4) is 0 Å². The van der Waals surface area contributed by atoms with E-state index in [1.165, 1.54) is 49.0 Å². The van der Waals surface area contributed by atoms with Gasteiger partial charge in [-0.05, 0) is 60.9 Å². The molecule has 2 aromatic rings. The number of benzene rings is 1. The number of carbonyl (C=O) groups is 1. The van der Waals surface area contributed by atoms with E-state index in [-0.39, 0.29) is 11.9 Å². The summed E-state index contributed by atoms with van der Waals surface area (Å²) < 4.78 is 0. The van der Waals surface area contributed by atoms with Crippen LogP contribution >= 0.6 is 0 Å². The molecule has 0 radical (unpaired) electrons. The van der Waals surface area contributed by atoms with Gasteiger partial charge in [0, 0.05) is 38.1 Å². The Morgan fingerprint density at radius 3 is 2.67 bits per heavy atom. The highest BCUT2D eigenvalue weighted by Crippen LogP contribution is 2.34. The van der Waals surface area contributed by atoms with Gasteiger partial charge in [-0.25, -0.2) is 0 Å². The van der Waals surface area contributed by atoms with Crippen LogP contribution in [0.3, 0.4) is 0 Å². The minimum Gasteiger partial charge on any atom is -0.327 e.